The molecule has 1 aromatic heterocycles. The highest BCUT2D eigenvalue weighted by Crippen LogP contribution is 2.23. The molecule has 1 amide bonds. The second kappa shape index (κ2) is 10.7. The third kappa shape index (κ3) is 5.91. The van der Waals surface area contributed by atoms with Crippen molar-refractivity contribution < 1.29 is 9.53 Å². The van der Waals surface area contributed by atoms with Crippen molar-refractivity contribution >= 4 is 23.4 Å². The van der Waals surface area contributed by atoms with E-state index in [9.17, 15) is 4.79 Å². The first-order valence-corrected chi connectivity index (χ1v) is 11.8. The smallest absolute Gasteiger partial charge is 0.234 e. The molecule has 2 aromatic carbocycles. The van der Waals surface area contributed by atoms with Crippen LogP contribution in [0.4, 0.5) is 5.69 Å². The van der Waals surface area contributed by atoms with Gasteiger partial charge in [-0.1, -0.05) is 41.6 Å². The number of methoxy groups -OCH3 is 1. The van der Waals surface area contributed by atoms with Crippen LogP contribution >= 0.6 is 11.8 Å². The van der Waals surface area contributed by atoms with Crippen molar-refractivity contribution in [1.29, 1.82) is 0 Å². The molecule has 3 aromatic rings. The summed E-state index contributed by atoms with van der Waals surface area (Å²) in [6, 6.07) is 10.5. The highest BCUT2D eigenvalue weighted by Gasteiger charge is 2.13. The maximum absolute atomic E-state index is 12.5. The van der Waals surface area contributed by atoms with Crippen molar-refractivity contribution in [2.75, 3.05) is 18.2 Å². The van der Waals surface area contributed by atoms with Gasteiger partial charge in [0.2, 0.25) is 5.91 Å². The summed E-state index contributed by atoms with van der Waals surface area (Å²) in [4.78, 5) is 12.5. The summed E-state index contributed by atoms with van der Waals surface area (Å²) < 4.78 is 7.31. The highest BCUT2D eigenvalue weighted by molar-refractivity contribution is 7.99. The zero-order valence-electron chi connectivity index (χ0n) is 19.8. The summed E-state index contributed by atoms with van der Waals surface area (Å²) >= 11 is 1.41. The molecule has 0 spiro atoms. The van der Waals surface area contributed by atoms with E-state index in [4.69, 9.17) is 4.74 Å². The molecule has 1 N–H and O–H groups in total. The number of benzene rings is 2. The molecule has 7 heteroatoms. The molecule has 0 aliphatic carbocycles. The lowest BCUT2D eigenvalue weighted by Gasteiger charge is -2.12. The van der Waals surface area contributed by atoms with Gasteiger partial charge in [-0.05, 0) is 68.9 Å². The SMILES string of the molecule is COc1ccc(CCCc2nnc(SCC(=O)Nc3c(C)cc(C)cc3C)n2C)cc1C. The molecule has 0 bridgehead atoms. The van der Waals surface area contributed by atoms with E-state index >= 15 is 0 Å². The molecule has 0 unspecified atom stereocenters. The fourth-order valence-corrected chi connectivity index (χ4v) is 4.65. The van der Waals surface area contributed by atoms with E-state index in [2.05, 4.69) is 53.6 Å². The van der Waals surface area contributed by atoms with Gasteiger partial charge in [-0.3, -0.25) is 4.79 Å². The lowest BCUT2D eigenvalue weighted by atomic mass is 10.0. The molecule has 0 aliphatic rings. The van der Waals surface area contributed by atoms with Crippen molar-refractivity contribution in [3.8, 4) is 5.75 Å². The largest absolute Gasteiger partial charge is 0.496 e. The zero-order chi connectivity index (χ0) is 23.3. The molecule has 170 valence electrons. The Morgan fingerprint density at radius 3 is 2.41 bits per heavy atom. The van der Waals surface area contributed by atoms with Gasteiger partial charge in [0, 0.05) is 19.2 Å². The average molecular weight is 453 g/mol. The lowest BCUT2D eigenvalue weighted by molar-refractivity contribution is -0.113. The van der Waals surface area contributed by atoms with Gasteiger partial charge in [0.25, 0.3) is 0 Å². The van der Waals surface area contributed by atoms with Crippen LogP contribution in [-0.2, 0) is 24.7 Å². The summed E-state index contributed by atoms with van der Waals surface area (Å²) in [5.41, 5.74) is 6.69. The number of carbonyl (C=O) groups is 1. The van der Waals surface area contributed by atoms with Crippen molar-refractivity contribution in [2.24, 2.45) is 7.05 Å². The molecule has 0 radical (unpaired) electrons. The Morgan fingerprint density at radius 1 is 1.03 bits per heavy atom. The van der Waals surface area contributed by atoms with Crippen molar-refractivity contribution in [2.45, 2.75) is 52.1 Å². The van der Waals surface area contributed by atoms with Gasteiger partial charge in [-0.25, -0.2) is 0 Å². The minimum absolute atomic E-state index is 0.0375. The van der Waals surface area contributed by atoms with Gasteiger partial charge in [0.1, 0.15) is 11.6 Å². The van der Waals surface area contributed by atoms with Crippen molar-refractivity contribution in [1.82, 2.24) is 14.8 Å². The molecule has 1 heterocycles. The van der Waals surface area contributed by atoms with E-state index in [0.717, 1.165) is 58.4 Å². The number of rotatable bonds is 9. The van der Waals surface area contributed by atoms with Crippen LogP contribution < -0.4 is 10.1 Å². The van der Waals surface area contributed by atoms with Gasteiger partial charge in [0.05, 0.1) is 12.9 Å². The molecule has 0 saturated heterocycles. The van der Waals surface area contributed by atoms with Crippen LogP contribution in [-0.4, -0.2) is 33.5 Å². The predicted octanol–water partition coefficient (Wildman–Crippen LogP) is 4.96. The minimum atomic E-state index is -0.0375. The normalized spacial score (nSPS) is 10.9. The maximum atomic E-state index is 12.5. The Bertz CT molecular complexity index is 1080. The number of hydrogen-bond donors (Lipinski definition) is 1. The Kier molecular flexibility index (Phi) is 7.96. The van der Waals surface area contributed by atoms with Crippen LogP contribution in [0.25, 0.3) is 0 Å². The van der Waals surface area contributed by atoms with Crippen LogP contribution in [0, 0.1) is 27.7 Å². The summed E-state index contributed by atoms with van der Waals surface area (Å²) in [6.45, 7) is 8.16. The first-order chi connectivity index (χ1) is 15.3. The maximum Gasteiger partial charge on any atom is 0.234 e. The number of thioether (sulfide) groups is 1. The van der Waals surface area contributed by atoms with Crippen LogP contribution in [0.5, 0.6) is 5.75 Å². The van der Waals surface area contributed by atoms with Crippen molar-refractivity contribution in [3.63, 3.8) is 0 Å². The summed E-state index contributed by atoms with van der Waals surface area (Å²) in [5, 5.41) is 12.4. The average Bonchev–Trinajstić information content (AvgIpc) is 3.09. The zero-order valence-corrected chi connectivity index (χ0v) is 20.6. The second-order valence-electron chi connectivity index (χ2n) is 8.23. The molecular formula is C25H32N4O2S. The third-order valence-corrected chi connectivity index (χ3v) is 6.54. The predicted molar refractivity (Wildman–Crippen MR) is 131 cm³/mol. The Morgan fingerprint density at radius 2 is 1.75 bits per heavy atom. The van der Waals surface area contributed by atoms with Crippen LogP contribution in [0.1, 0.15) is 40.1 Å². The van der Waals surface area contributed by atoms with E-state index < -0.39 is 0 Å². The number of nitrogens with zero attached hydrogens (tertiary/aromatic N) is 3. The molecule has 0 fully saturated rings. The Hall–Kier alpha value is -2.80. The number of amides is 1. The first kappa shape index (κ1) is 23.9. The monoisotopic (exact) mass is 452 g/mol. The molecule has 0 atom stereocenters. The standard InChI is InChI=1S/C25H32N4O2S/c1-16-12-18(3)24(19(4)13-16)26-23(30)15-32-25-28-27-22(29(25)5)9-7-8-20-10-11-21(31-6)17(2)14-20/h10-14H,7-9,15H2,1-6H3,(H,26,30). The number of carbonyl (C=O) groups excluding carboxylic acids is 1. The molecule has 3 rings (SSSR count). The van der Waals surface area contributed by atoms with E-state index in [1.54, 1.807) is 7.11 Å². The Balaban J connectivity index is 1.51. The van der Waals surface area contributed by atoms with Crippen LogP contribution in [0.3, 0.4) is 0 Å². The number of aromatic nitrogens is 3. The fourth-order valence-electron chi connectivity index (χ4n) is 3.92. The number of hydrogen-bond acceptors (Lipinski definition) is 5. The Labute approximate surface area is 194 Å². The number of anilines is 1. The topological polar surface area (TPSA) is 69.0 Å². The molecule has 6 nitrogen and oxygen atoms in total. The number of aryl methyl sites for hydroxylation is 6. The molecule has 32 heavy (non-hydrogen) atoms. The van der Waals surface area contributed by atoms with Gasteiger partial charge < -0.3 is 14.6 Å². The molecule has 0 aliphatic heterocycles. The van der Waals surface area contributed by atoms with Gasteiger partial charge in [-0.15, -0.1) is 10.2 Å². The van der Waals surface area contributed by atoms with Gasteiger partial charge in [0.15, 0.2) is 5.16 Å². The third-order valence-electron chi connectivity index (χ3n) is 5.52. The van der Waals surface area contributed by atoms with Crippen LogP contribution in [0.15, 0.2) is 35.5 Å². The molecular weight excluding hydrogens is 420 g/mol. The summed E-state index contributed by atoms with van der Waals surface area (Å²) in [6.07, 6.45) is 2.79. The number of nitrogens with one attached hydrogen (secondary N) is 1. The first-order valence-electron chi connectivity index (χ1n) is 10.8. The van der Waals surface area contributed by atoms with Gasteiger partial charge >= 0.3 is 0 Å². The summed E-state index contributed by atoms with van der Waals surface area (Å²) in [5.74, 6) is 2.11. The quantitative estimate of drug-likeness (QED) is 0.465. The fraction of sp³-hybridized carbons (Fsp3) is 0.400. The summed E-state index contributed by atoms with van der Waals surface area (Å²) in [7, 11) is 3.65. The number of ether oxygens (including phenoxy) is 1. The minimum Gasteiger partial charge on any atom is -0.496 e. The lowest BCUT2D eigenvalue weighted by Crippen LogP contribution is -2.16. The van der Waals surface area contributed by atoms with E-state index in [1.165, 1.54) is 22.9 Å². The van der Waals surface area contributed by atoms with Crippen LogP contribution in [0.2, 0.25) is 0 Å². The highest BCUT2D eigenvalue weighted by atomic mass is 32.2. The van der Waals surface area contributed by atoms with Crippen molar-refractivity contribution in [3.05, 3.63) is 64.0 Å². The van der Waals surface area contributed by atoms with Gasteiger partial charge in [-0.2, -0.15) is 0 Å². The van der Waals surface area contributed by atoms with E-state index in [-0.39, 0.29) is 5.91 Å². The second-order valence-corrected chi connectivity index (χ2v) is 9.17. The molecule has 0 saturated carbocycles. The van der Waals surface area contributed by atoms with E-state index in [0.29, 0.717) is 5.75 Å². The van der Waals surface area contributed by atoms with E-state index in [1.807, 2.05) is 31.5 Å².